The maximum Gasteiger partial charge on any atom is 0.303 e. The Morgan fingerprint density at radius 1 is 1.25 bits per heavy atom. The molecule has 1 aromatic carbocycles. The summed E-state index contributed by atoms with van der Waals surface area (Å²) in [6.07, 6.45) is -0.261. The third-order valence-corrected chi connectivity index (χ3v) is 5.20. The number of benzene rings is 1. The monoisotopic (exact) mass is 354 g/mol. The Morgan fingerprint density at radius 2 is 2.00 bits per heavy atom. The molecule has 0 amide bonds. The van der Waals surface area contributed by atoms with Crippen molar-refractivity contribution in [1.29, 1.82) is 0 Å². The quantitative estimate of drug-likeness (QED) is 0.768. The van der Waals surface area contributed by atoms with Gasteiger partial charge in [-0.05, 0) is 6.26 Å². The van der Waals surface area contributed by atoms with Gasteiger partial charge in [0.2, 0.25) is 0 Å². The van der Waals surface area contributed by atoms with Crippen molar-refractivity contribution in [2.24, 2.45) is 0 Å². The second kappa shape index (κ2) is 7.84. The number of hydrogen-bond acceptors (Lipinski definition) is 7. The van der Waals surface area contributed by atoms with E-state index >= 15 is 0 Å². The highest BCUT2D eigenvalue weighted by Gasteiger charge is 2.51. The number of ether oxygens (including phenoxy) is 5. The Labute approximate surface area is 145 Å². The number of fused-ring (bicyclic) bond motifs is 1. The van der Waals surface area contributed by atoms with Gasteiger partial charge in [0.05, 0.1) is 11.9 Å². The third kappa shape index (κ3) is 3.60. The number of esters is 1. The van der Waals surface area contributed by atoms with Gasteiger partial charge in [0.1, 0.15) is 18.3 Å². The summed E-state index contributed by atoms with van der Waals surface area (Å²) < 4.78 is 28.9. The van der Waals surface area contributed by atoms with Crippen LogP contribution in [-0.2, 0) is 28.5 Å². The van der Waals surface area contributed by atoms with E-state index in [0.717, 1.165) is 5.56 Å². The lowest BCUT2D eigenvalue weighted by atomic mass is 9.99. The van der Waals surface area contributed by atoms with Gasteiger partial charge in [-0.15, -0.1) is 0 Å². The van der Waals surface area contributed by atoms with Crippen LogP contribution in [0.25, 0.3) is 0 Å². The molecule has 0 bridgehead atoms. The van der Waals surface area contributed by atoms with Crippen LogP contribution in [0.5, 0.6) is 0 Å². The molecule has 2 fully saturated rings. The fourth-order valence-corrected chi connectivity index (χ4v) is 3.97. The van der Waals surface area contributed by atoms with Crippen molar-refractivity contribution in [1.82, 2.24) is 0 Å². The molecule has 132 valence electrons. The predicted molar refractivity (Wildman–Crippen MR) is 88.5 cm³/mol. The first-order chi connectivity index (χ1) is 11.6. The van der Waals surface area contributed by atoms with Gasteiger partial charge in [0.25, 0.3) is 0 Å². The Morgan fingerprint density at radius 3 is 2.62 bits per heavy atom. The molecule has 6 atom stereocenters. The smallest absolute Gasteiger partial charge is 0.303 e. The lowest BCUT2D eigenvalue weighted by Crippen LogP contribution is -2.62. The summed E-state index contributed by atoms with van der Waals surface area (Å²) in [7, 11) is 1.58. The lowest BCUT2D eigenvalue weighted by Gasteiger charge is -2.48. The molecular weight excluding hydrogens is 332 g/mol. The number of carbonyl (C=O) groups is 1. The van der Waals surface area contributed by atoms with E-state index < -0.39 is 24.8 Å². The molecule has 0 N–H and O–H groups in total. The first-order valence-corrected chi connectivity index (χ1v) is 9.13. The molecule has 0 radical (unpaired) electrons. The molecule has 24 heavy (non-hydrogen) atoms. The fraction of sp³-hybridized carbons (Fsp3) is 0.588. The molecule has 2 saturated heterocycles. The highest BCUT2D eigenvalue weighted by molar-refractivity contribution is 7.99. The van der Waals surface area contributed by atoms with Crippen LogP contribution in [0.4, 0.5) is 0 Å². The van der Waals surface area contributed by atoms with Gasteiger partial charge in [-0.3, -0.25) is 4.79 Å². The van der Waals surface area contributed by atoms with E-state index in [9.17, 15) is 4.79 Å². The zero-order valence-electron chi connectivity index (χ0n) is 13.9. The third-order valence-electron chi connectivity index (χ3n) is 4.16. The van der Waals surface area contributed by atoms with Crippen LogP contribution in [0.1, 0.15) is 18.8 Å². The van der Waals surface area contributed by atoms with Crippen molar-refractivity contribution in [3.8, 4) is 0 Å². The fourth-order valence-electron chi connectivity index (χ4n) is 3.09. The van der Waals surface area contributed by atoms with Gasteiger partial charge in [-0.25, -0.2) is 0 Å². The summed E-state index contributed by atoms with van der Waals surface area (Å²) in [6, 6.07) is 9.69. The van der Waals surface area contributed by atoms with Gasteiger partial charge in [-0.1, -0.05) is 30.3 Å². The first kappa shape index (κ1) is 17.7. The molecule has 0 spiro atoms. The molecule has 2 aliphatic rings. The van der Waals surface area contributed by atoms with E-state index in [2.05, 4.69) is 0 Å². The minimum absolute atomic E-state index is 0.172. The topological polar surface area (TPSA) is 63.2 Å². The van der Waals surface area contributed by atoms with E-state index in [1.807, 2.05) is 36.6 Å². The minimum Gasteiger partial charge on any atom is -0.458 e. The van der Waals surface area contributed by atoms with Gasteiger partial charge in [-0.2, -0.15) is 11.8 Å². The van der Waals surface area contributed by atoms with Crippen molar-refractivity contribution in [3.05, 3.63) is 35.9 Å². The molecule has 0 saturated carbocycles. The second-order valence-electron chi connectivity index (χ2n) is 5.73. The molecule has 0 aliphatic carbocycles. The van der Waals surface area contributed by atoms with E-state index in [0.29, 0.717) is 6.61 Å². The average molecular weight is 354 g/mol. The summed E-state index contributed by atoms with van der Waals surface area (Å²) in [5.74, 6) is -0.346. The van der Waals surface area contributed by atoms with E-state index in [4.69, 9.17) is 23.7 Å². The molecule has 6 nitrogen and oxygen atoms in total. The van der Waals surface area contributed by atoms with Gasteiger partial charge < -0.3 is 23.7 Å². The first-order valence-electron chi connectivity index (χ1n) is 7.84. The molecule has 1 unspecified atom stereocenters. The maximum absolute atomic E-state index is 11.6. The van der Waals surface area contributed by atoms with Crippen LogP contribution in [0.15, 0.2) is 30.3 Å². The zero-order valence-corrected chi connectivity index (χ0v) is 14.7. The highest BCUT2D eigenvalue weighted by Crippen LogP contribution is 2.38. The largest absolute Gasteiger partial charge is 0.458 e. The number of hydrogen-bond donors (Lipinski definition) is 0. The van der Waals surface area contributed by atoms with E-state index in [1.54, 1.807) is 7.11 Å². The molecule has 3 rings (SSSR count). The Hall–Kier alpha value is -1.12. The summed E-state index contributed by atoms with van der Waals surface area (Å²) in [5.41, 5.74) is 0.923. The van der Waals surface area contributed by atoms with Crippen LogP contribution < -0.4 is 0 Å². The predicted octanol–water partition coefficient (Wildman–Crippen LogP) is 2.14. The number of methoxy groups -OCH3 is 1. The Balaban J connectivity index is 1.83. The summed E-state index contributed by atoms with van der Waals surface area (Å²) in [4.78, 5) is 11.6. The van der Waals surface area contributed by atoms with Crippen molar-refractivity contribution < 1.29 is 28.5 Å². The van der Waals surface area contributed by atoms with Gasteiger partial charge in [0, 0.05) is 19.6 Å². The second-order valence-corrected chi connectivity index (χ2v) is 6.75. The van der Waals surface area contributed by atoms with Crippen molar-refractivity contribution >= 4 is 17.7 Å². The van der Waals surface area contributed by atoms with Crippen LogP contribution in [0.2, 0.25) is 0 Å². The van der Waals surface area contributed by atoms with Crippen LogP contribution in [0, 0.1) is 0 Å². The van der Waals surface area contributed by atoms with Crippen molar-refractivity contribution in [2.75, 3.05) is 20.0 Å². The van der Waals surface area contributed by atoms with Crippen LogP contribution >= 0.6 is 11.8 Å². The normalized spacial score (nSPS) is 36.0. The van der Waals surface area contributed by atoms with Crippen LogP contribution in [0.3, 0.4) is 0 Å². The molecule has 2 heterocycles. The molecule has 2 aliphatic heterocycles. The van der Waals surface area contributed by atoms with Crippen LogP contribution in [-0.4, -0.2) is 55.8 Å². The molecular formula is C17H22O6S. The van der Waals surface area contributed by atoms with E-state index in [-0.39, 0.29) is 17.3 Å². The maximum atomic E-state index is 11.6. The lowest BCUT2D eigenvalue weighted by molar-refractivity contribution is -0.332. The Kier molecular flexibility index (Phi) is 5.78. The summed E-state index contributed by atoms with van der Waals surface area (Å²) in [5, 5.41) is -0.172. The standard InChI is InChI=1S/C17H22O6S/c1-10(18)21-14-13-12(22-17(19-2)15(14)24-3)9-20-16(23-13)11-7-5-4-6-8-11/h4-8,12-17H,9H2,1-3H3/t12-,13-,14+,15+,16?,17+/m1/s1. The van der Waals surface area contributed by atoms with Gasteiger partial charge in [0.15, 0.2) is 12.6 Å². The average Bonchev–Trinajstić information content (AvgIpc) is 2.61. The molecule has 1 aromatic rings. The Bertz CT molecular complexity index is 553. The number of rotatable bonds is 4. The molecule has 7 heteroatoms. The number of thioether (sulfide) groups is 1. The van der Waals surface area contributed by atoms with E-state index in [1.165, 1.54) is 18.7 Å². The van der Waals surface area contributed by atoms with Gasteiger partial charge >= 0.3 is 5.97 Å². The summed E-state index contributed by atoms with van der Waals surface area (Å²) in [6.45, 7) is 1.75. The SMILES string of the molecule is CO[C@H]1O[C@@H]2COC(c3ccccc3)O[C@H]2[C@H](OC(C)=O)[C@@H]1SC. The van der Waals surface area contributed by atoms with Crippen molar-refractivity contribution in [3.63, 3.8) is 0 Å². The zero-order chi connectivity index (χ0) is 17.1. The summed E-state index contributed by atoms with van der Waals surface area (Å²) >= 11 is 1.53. The molecule has 0 aromatic heterocycles. The highest BCUT2D eigenvalue weighted by atomic mass is 32.2. The van der Waals surface area contributed by atoms with Crippen molar-refractivity contribution in [2.45, 2.75) is 43.1 Å². The number of carbonyl (C=O) groups excluding carboxylic acids is 1. The minimum atomic E-state index is -0.504.